The maximum Gasteiger partial charge on any atom is 0.272 e. The fourth-order valence-electron chi connectivity index (χ4n) is 4.21. The van der Waals surface area contributed by atoms with Crippen LogP contribution < -0.4 is 0 Å². The number of hydrogen-bond donors (Lipinski definition) is 0. The van der Waals surface area contributed by atoms with Gasteiger partial charge in [-0.1, -0.05) is 6.07 Å². The minimum absolute atomic E-state index is 0.0165. The minimum Gasteiger partial charge on any atom is -0.337 e. The van der Waals surface area contributed by atoms with Crippen LogP contribution in [0.15, 0.2) is 18.2 Å². The molecule has 0 radical (unpaired) electrons. The number of amides is 1. The highest BCUT2D eigenvalue weighted by atomic mass is 16.2. The van der Waals surface area contributed by atoms with Crippen molar-refractivity contribution in [3.05, 3.63) is 41.2 Å². The second kappa shape index (κ2) is 7.76. The molecule has 2 saturated heterocycles. The van der Waals surface area contributed by atoms with E-state index in [0.717, 1.165) is 56.4 Å². The summed E-state index contributed by atoms with van der Waals surface area (Å²) in [4.78, 5) is 21.6. The van der Waals surface area contributed by atoms with E-state index in [1.165, 1.54) is 12.8 Å². The predicted molar refractivity (Wildman–Crippen MR) is 102 cm³/mol. The molecular formula is C20H28N6O. The van der Waals surface area contributed by atoms with Gasteiger partial charge in [0.15, 0.2) is 0 Å². The molecule has 4 rings (SSSR count). The molecule has 2 aliphatic rings. The zero-order valence-corrected chi connectivity index (χ0v) is 16.3. The van der Waals surface area contributed by atoms with Crippen molar-refractivity contribution < 1.29 is 4.79 Å². The quantitative estimate of drug-likeness (QED) is 0.827. The number of pyridine rings is 1. The third kappa shape index (κ3) is 3.88. The van der Waals surface area contributed by atoms with Gasteiger partial charge in [0.2, 0.25) is 0 Å². The van der Waals surface area contributed by atoms with Crippen molar-refractivity contribution in [2.75, 3.05) is 26.2 Å². The van der Waals surface area contributed by atoms with Crippen LogP contribution in [0.1, 0.15) is 59.4 Å². The number of carbonyl (C=O) groups is 1. The molecule has 0 N–H and O–H groups in total. The summed E-state index contributed by atoms with van der Waals surface area (Å²) < 4.78 is 2.14. The van der Waals surface area contributed by atoms with E-state index < -0.39 is 0 Å². The van der Waals surface area contributed by atoms with Crippen molar-refractivity contribution in [2.24, 2.45) is 7.05 Å². The Balaban J connectivity index is 1.46. The highest BCUT2D eigenvalue weighted by Gasteiger charge is 2.29. The van der Waals surface area contributed by atoms with E-state index in [4.69, 9.17) is 0 Å². The lowest BCUT2D eigenvalue weighted by Gasteiger charge is -2.32. The molecule has 2 aromatic rings. The molecule has 0 bridgehead atoms. The molecular weight excluding hydrogens is 340 g/mol. The van der Waals surface area contributed by atoms with Gasteiger partial charge >= 0.3 is 0 Å². The molecule has 2 aliphatic heterocycles. The number of carbonyl (C=O) groups excluding carboxylic acids is 1. The van der Waals surface area contributed by atoms with Crippen molar-refractivity contribution >= 4 is 5.91 Å². The largest absolute Gasteiger partial charge is 0.337 e. The lowest BCUT2D eigenvalue weighted by atomic mass is 9.97. The van der Waals surface area contributed by atoms with E-state index in [1.807, 2.05) is 24.0 Å². The first-order chi connectivity index (χ1) is 13.1. The molecule has 0 unspecified atom stereocenters. The summed E-state index contributed by atoms with van der Waals surface area (Å²) >= 11 is 0. The normalized spacial score (nSPS) is 21.0. The SMILES string of the molecule is Cc1cccc(C(=O)N2CCC[C@H](c3nnc(CN4CCCC4)n3C)C2)n1. The summed E-state index contributed by atoms with van der Waals surface area (Å²) in [7, 11) is 2.06. The van der Waals surface area contributed by atoms with Crippen molar-refractivity contribution in [1.29, 1.82) is 0 Å². The summed E-state index contributed by atoms with van der Waals surface area (Å²) in [5, 5.41) is 8.94. The number of likely N-dealkylation sites (tertiary alicyclic amines) is 2. The van der Waals surface area contributed by atoms with Crippen LogP contribution in [0.2, 0.25) is 0 Å². The Bertz CT molecular complexity index is 811. The number of aromatic nitrogens is 4. The minimum atomic E-state index is 0.0165. The number of rotatable bonds is 4. The zero-order valence-electron chi connectivity index (χ0n) is 16.3. The number of aryl methyl sites for hydroxylation is 1. The average Bonchev–Trinajstić information content (AvgIpc) is 3.32. The molecule has 4 heterocycles. The zero-order chi connectivity index (χ0) is 18.8. The molecule has 1 amide bonds. The van der Waals surface area contributed by atoms with E-state index >= 15 is 0 Å². The van der Waals surface area contributed by atoms with E-state index in [2.05, 4.69) is 31.7 Å². The highest BCUT2D eigenvalue weighted by molar-refractivity contribution is 5.92. The van der Waals surface area contributed by atoms with Crippen LogP contribution in [0, 0.1) is 6.92 Å². The van der Waals surface area contributed by atoms with Gasteiger partial charge in [0.25, 0.3) is 5.91 Å². The van der Waals surface area contributed by atoms with Crippen LogP contribution in [0.3, 0.4) is 0 Å². The van der Waals surface area contributed by atoms with Gasteiger partial charge in [-0.25, -0.2) is 4.98 Å². The van der Waals surface area contributed by atoms with E-state index in [0.29, 0.717) is 12.2 Å². The van der Waals surface area contributed by atoms with Crippen molar-refractivity contribution in [2.45, 2.75) is 45.1 Å². The van der Waals surface area contributed by atoms with Gasteiger partial charge in [-0.2, -0.15) is 0 Å². The second-order valence-electron chi connectivity index (χ2n) is 7.77. The fraction of sp³-hybridized carbons (Fsp3) is 0.600. The first kappa shape index (κ1) is 18.1. The summed E-state index contributed by atoms with van der Waals surface area (Å²) in [5.41, 5.74) is 1.40. The van der Waals surface area contributed by atoms with Crippen LogP contribution in [0.5, 0.6) is 0 Å². The van der Waals surface area contributed by atoms with Gasteiger partial charge in [0.1, 0.15) is 17.3 Å². The van der Waals surface area contributed by atoms with Crippen LogP contribution in [0.25, 0.3) is 0 Å². The molecule has 27 heavy (non-hydrogen) atoms. The molecule has 144 valence electrons. The van der Waals surface area contributed by atoms with Crippen LogP contribution >= 0.6 is 0 Å². The number of nitrogens with zero attached hydrogens (tertiary/aromatic N) is 6. The Hall–Kier alpha value is -2.28. The Morgan fingerprint density at radius 1 is 1.15 bits per heavy atom. The molecule has 0 aromatic carbocycles. The van der Waals surface area contributed by atoms with Crippen LogP contribution in [0.4, 0.5) is 0 Å². The number of hydrogen-bond acceptors (Lipinski definition) is 5. The summed E-state index contributed by atoms with van der Waals surface area (Å²) in [5.74, 6) is 2.27. The average molecular weight is 368 g/mol. The molecule has 0 aliphatic carbocycles. The third-order valence-corrected chi connectivity index (χ3v) is 5.74. The molecule has 2 fully saturated rings. The highest BCUT2D eigenvalue weighted by Crippen LogP contribution is 2.27. The monoisotopic (exact) mass is 368 g/mol. The summed E-state index contributed by atoms with van der Waals surface area (Å²) in [6.07, 6.45) is 4.58. The molecule has 0 saturated carbocycles. The summed E-state index contributed by atoms with van der Waals surface area (Å²) in [6.45, 7) is 6.55. The molecule has 7 nitrogen and oxygen atoms in total. The van der Waals surface area contributed by atoms with Gasteiger partial charge in [-0.3, -0.25) is 9.69 Å². The molecule has 1 atom stereocenters. The Kier molecular flexibility index (Phi) is 5.20. The Morgan fingerprint density at radius 3 is 2.74 bits per heavy atom. The standard InChI is InChI=1S/C20H28N6O/c1-15-7-5-9-17(21-15)20(27)26-12-6-8-16(13-26)19-23-22-18(24(19)2)14-25-10-3-4-11-25/h5,7,9,16H,3-4,6,8,10-14H2,1-2H3/t16-/m0/s1. The third-order valence-electron chi connectivity index (χ3n) is 5.74. The van der Waals surface area contributed by atoms with Gasteiger partial charge in [-0.05, 0) is 57.8 Å². The van der Waals surface area contributed by atoms with Crippen molar-refractivity contribution in [3.63, 3.8) is 0 Å². The maximum atomic E-state index is 12.9. The predicted octanol–water partition coefficient (Wildman–Crippen LogP) is 2.13. The number of piperidine rings is 1. The van der Waals surface area contributed by atoms with Crippen LogP contribution in [-0.2, 0) is 13.6 Å². The molecule has 7 heteroatoms. The summed E-state index contributed by atoms with van der Waals surface area (Å²) in [6, 6.07) is 5.61. The van der Waals surface area contributed by atoms with Crippen molar-refractivity contribution in [1.82, 2.24) is 29.5 Å². The van der Waals surface area contributed by atoms with Crippen molar-refractivity contribution in [3.8, 4) is 0 Å². The lowest BCUT2D eigenvalue weighted by molar-refractivity contribution is 0.0697. The Morgan fingerprint density at radius 2 is 1.96 bits per heavy atom. The molecule has 0 spiro atoms. The first-order valence-electron chi connectivity index (χ1n) is 9.95. The second-order valence-corrected chi connectivity index (χ2v) is 7.77. The van der Waals surface area contributed by atoms with E-state index in [9.17, 15) is 4.79 Å². The first-order valence-corrected chi connectivity index (χ1v) is 9.95. The lowest BCUT2D eigenvalue weighted by Crippen LogP contribution is -2.40. The Labute approximate surface area is 160 Å². The van der Waals surface area contributed by atoms with Gasteiger partial charge in [0.05, 0.1) is 6.54 Å². The van der Waals surface area contributed by atoms with E-state index in [-0.39, 0.29) is 11.8 Å². The fourth-order valence-corrected chi connectivity index (χ4v) is 4.21. The van der Waals surface area contributed by atoms with Gasteiger partial charge in [0, 0.05) is 31.7 Å². The maximum absolute atomic E-state index is 12.9. The van der Waals surface area contributed by atoms with Crippen LogP contribution in [-0.4, -0.2) is 61.6 Å². The van der Waals surface area contributed by atoms with E-state index in [1.54, 1.807) is 6.07 Å². The topological polar surface area (TPSA) is 67.2 Å². The van der Waals surface area contributed by atoms with Gasteiger partial charge < -0.3 is 9.47 Å². The smallest absolute Gasteiger partial charge is 0.272 e. The molecule has 2 aromatic heterocycles. The van der Waals surface area contributed by atoms with Gasteiger partial charge in [-0.15, -0.1) is 10.2 Å².